The Labute approximate surface area is 121 Å². The minimum absolute atomic E-state index is 0.0305. The van der Waals surface area contributed by atoms with Crippen LogP contribution in [0.25, 0.3) is 0 Å². The standard InChI is InChI=1S/C13H16ClNO3S/c14-9-1-3-10(4-2-9)19-6-5-13(18)15-7-11(16)12(17)8-15/h1-4,11-12,16-17H,5-8H2. The van der Waals surface area contributed by atoms with Crippen molar-refractivity contribution in [3.05, 3.63) is 29.3 Å². The molecule has 2 N–H and O–H groups in total. The second-order valence-electron chi connectivity index (χ2n) is 4.49. The van der Waals surface area contributed by atoms with E-state index in [4.69, 9.17) is 11.6 Å². The number of rotatable bonds is 4. The monoisotopic (exact) mass is 301 g/mol. The molecule has 1 aromatic rings. The van der Waals surface area contributed by atoms with Gasteiger partial charge in [0.15, 0.2) is 0 Å². The van der Waals surface area contributed by atoms with Crippen molar-refractivity contribution >= 4 is 29.3 Å². The van der Waals surface area contributed by atoms with Crippen LogP contribution in [0.5, 0.6) is 0 Å². The topological polar surface area (TPSA) is 60.8 Å². The summed E-state index contributed by atoms with van der Waals surface area (Å²) in [5.41, 5.74) is 0. The highest BCUT2D eigenvalue weighted by molar-refractivity contribution is 7.99. The fourth-order valence-corrected chi connectivity index (χ4v) is 2.89. The van der Waals surface area contributed by atoms with Crippen LogP contribution in [0.3, 0.4) is 0 Å². The van der Waals surface area contributed by atoms with Crippen molar-refractivity contribution in [3.8, 4) is 0 Å². The highest BCUT2D eigenvalue weighted by atomic mass is 35.5. The molecule has 2 unspecified atom stereocenters. The average molecular weight is 302 g/mol. The van der Waals surface area contributed by atoms with Gasteiger partial charge < -0.3 is 15.1 Å². The number of likely N-dealkylation sites (tertiary alicyclic amines) is 1. The lowest BCUT2D eigenvalue weighted by Crippen LogP contribution is -2.29. The lowest BCUT2D eigenvalue weighted by molar-refractivity contribution is -0.130. The summed E-state index contributed by atoms with van der Waals surface area (Å²) in [4.78, 5) is 14.4. The van der Waals surface area contributed by atoms with Crippen molar-refractivity contribution in [1.29, 1.82) is 0 Å². The molecule has 1 aliphatic rings. The maximum Gasteiger partial charge on any atom is 0.223 e. The van der Waals surface area contributed by atoms with Crippen molar-refractivity contribution in [2.45, 2.75) is 23.5 Å². The Bertz CT molecular complexity index is 430. The number of carbonyl (C=O) groups is 1. The van der Waals surface area contributed by atoms with Gasteiger partial charge in [0.1, 0.15) is 0 Å². The van der Waals surface area contributed by atoms with Gasteiger partial charge in [-0.2, -0.15) is 0 Å². The van der Waals surface area contributed by atoms with E-state index in [1.54, 1.807) is 11.8 Å². The predicted molar refractivity (Wildman–Crippen MR) is 75.4 cm³/mol. The number of aliphatic hydroxyl groups excluding tert-OH is 2. The molecule has 19 heavy (non-hydrogen) atoms. The van der Waals surface area contributed by atoms with Crippen LogP contribution in [0.1, 0.15) is 6.42 Å². The summed E-state index contributed by atoms with van der Waals surface area (Å²) in [6.45, 7) is 0.456. The van der Waals surface area contributed by atoms with E-state index >= 15 is 0 Å². The van der Waals surface area contributed by atoms with E-state index in [9.17, 15) is 15.0 Å². The number of halogens is 1. The predicted octanol–water partition coefficient (Wildman–Crippen LogP) is 1.39. The summed E-state index contributed by atoms with van der Waals surface area (Å²) >= 11 is 7.38. The fraction of sp³-hybridized carbons (Fsp3) is 0.462. The summed E-state index contributed by atoms with van der Waals surface area (Å²) in [7, 11) is 0. The van der Waals surface area contributed by atoms with Crippen LogP contribution >= 0.6 is 23.4 Å². The van der Waals surface area contributed by atoms with E-state index in [1.165, 1.54) is 4.90 Å². The van der Waals surface area contributed by atoms with Crippen LogP contribution < -0.4 is 0 Å². The van der Waals surface area contributed by atoms with Gasteiger partial charge in [0.05, 0.1) is 12.2 Å². The molecule has 1 aliphatic heterocycles. The first kappa shape index (κ1) is 14.7. The summed E-state index contributed by atoms with van der Waals surface area (Å²) in [5.74, 6) is 0.639. The number of amides is 1. The van der Waals surface area contributed by atoms with Crippen LogP contribution in [-0.4, -0.2) is 52.1 Å². The summed E-state index contributed by atoms with van der Waals surface area (Å²) in [6.07, 6.45) is -1.23. The molecule has 1 fully saturated rings. The van der Waals surface area contributed by atoms with Gasteiger partial charge in [-0.05, 0) is 24.3 Å². The van der Waals surface area contributed by atoms with Crippen LogP contribution in [0.4, 0.5) is 0 Å². The summed E-state index contributed by atoms with van der Waals surface area (Å²) < 4.78 is 0. The highest BCUT2D eigenvalue weighted by Gasteiger charge is 2.31. The molecule has 0 aromatic heterocycles. The summed E-state index contributed by atoms with van der Waals surface area (Å²) in [6, 6.07) is 7.47. The number of aliphatic hydroxyl groups is 2. The van der Waals surface area contributed by atoms with E-state index in [1.807, 2.05) is 24.3 Å². The molecule has 2 rings (SSSR count). The Balaban J connectivity index is 1.74. The van der Waals surface area contributed by atoms with E-state index in [0.717, 1.165) is 4.90 Å². The normalized spacial score (nSPS) is 22.8. The van der Waals surface area contributed by atoms with Crippen LogP contribution in [-0.2, 0) is 4.79 Å². The average Bonchev–Trinajstić information content (AvgIpc) is 2.72. The van der Waals surface area contributed by atoms with Gasteiger partial charge in [-0.15, -0.1) is 11.8 Å². The van der Waals surface area contributed by atoms with E-state index in [0.29, 0.717) is 17.2 Å². The van der Waals surface area contributed by atoms with Crippen LogP contribution in [0, 0.1) is 0 Å². The van der Waals surface area contributed by atoms with Crippen molar-refractivity contribution in [2.24, 2.45) is 0 Å². The first-order valence-electron chi connectivity index (χ1n) is 6.08. The summed E-state index contributed by atoms with van der Waals surface area (Å²) in [5, 5.41) is 19.5. The van der Waals surface area contributed by atoms with Gasteiger partial charge >= 0.3 is 0 Å². The van der Waals surface area contributed by atoms with Gasteiger partial charge in [-0.1, -0.05) is 11.6 Å². The van der Waals surface area contributed by atoms with Crippen LogP contribution in [0.2, 0.25) is 5.02 Å². The molecule has 0 radical (unpaired) electrons. The number of β-amino-alcohol motifs (C(OH)–C–C–N with tert-alkyl or cyclic N) is 2. The molecule has 1 saturated heterocycles. The molecule has 0 saturated carbocycles. The molecular formula is C13H16ClNO3S. The van der Waals surface area contributed by atoms with E-state index in [2.05, 4.69) is 0 Å². The molecular weight excluding hydrogens is 286 g/mol. The molecule has 4 nitrogen and oxygen atoms in total. The highest BCUT2D eigenvalue weighted by Crippen LogP contribution is 2.21. The van der Waals surface area contributed by atoms with Gasteiger partial charge in [0, 0.05) is 35.2 Å². The molecule has 0 spiro atoms. The molecule has 0 bridgehead atoms. The Morgan fingerprint density at radius 1 is 1.26 bits per heavy atom. The Morgan fingerprint density at radius 2 is 1.84 bits per heavy atom. The van der Waals surface area contributed by atoms with Crippen molar-refractivity contribution in [2.75, 3.05) is 18.8 Å². The lowest BCUT2D eigenvalue weighted by Gasteiger charge is -2.14. The number of hydrogen-bond acceptors (Lipinski definition) is 4. The fourth-order valence-electron chi connectivity index (χ4n) is 1.92. The zero-order valence-corrected chi connectivity index (χ0v) is 11.9. The SMILES string of the molecule is O=C(CCSc1ccc(Cl)cc1)N1CC(O)C(O)C1. The Kier molecular flexibility index (Phi) is 5.10. The molecule has 104 valence electrons. The zero-order chi connectivity index (χ0) is 13.8. The minimum atomic E-state index is -0.812. The molecule has 0 aliphatic carbocycles. The number of benzene rings is 1. The number of hydrogen-bond donors (Lipinski definition) is 2. The van der Waals surface area contributed by atoms with Gasteiger partial charge in [-0.3, -0.25) is 4.79 Å². The van der Waals surface area contributed by atoms with Crippen LogP contribution in [0.15, 0.2) is 29.2 Å². The number of nitrogens with zero attached hydrogens (tertiary/aromatic N) is 1. The molecule has 1 aromatic carbocycles. The largest absolute Gasteiger partial charge is 0.388 e. The third-order valence-electron chi connectivity index (χ3n) is 3.01. The lowest BCUT2D eigenvalue weighted by atomic mass is 10.3. The van der Waals surface area contributed by atoms with Crippen molar-refractivity contribution in [3.63, 3.8) is 0 Å². The maximum absolute atomic E-state index is 11.9. The molecule has 2 atom stereocenters. The van der Waals surface area contributed by atoms with Gasteiger partial charge in [0.25, 0.3) is 0 Å². The first-order valence-corrected chi connectivity index (χ1v) is 7.45. The van der Waals surface area contributed by atoms with Gasteiger partial charge in [0.2, 0.25) is 5.91 Å². The van der Waals surface area contributed by atoms with E-state index in [-0.39, 0.29) is 19.0 Å². The Hall–Kier alpha value is -0.750. The third kappa shape index (κ3) is 4.11. The number of carbonyl (C=O) groups excluding carboxylic acids is 1. The minimum Gasteiger partial charge on any atom is -0.388 e. The number of thioether (sulfide) groups is 1. The van der Waals surface area contributed by atoms with Crippen molar-refractivity contribution < 1.29 is 15.0 Å². The smallest absolute Gasteiger partial charge is 0.223 e. The second kappa shape index (κ2) is 6.61. The molecule has 1 amide bonds. The maximum atomic E-state index is 11.9. The molecule has 1 heterocycles. The quantitative estimate of drug-likeness (QED) is 0.825. The third-order valence-corrected chi connectivity index (χ3v) is 4.28. The zero-order valence-electron chi connectivity index (χ0n) is 10.3. The van der Waals surface area contributed by atoms with E-state index < -0.39 is 12.2 Å². The second-order valence-corrected chi connectivity index (χ2v) is 6.09. The Morgan fingerprint density at radius 3 is 2.42 bits per heavy atom. The van der Waals surface area contributed by atoms with Crippen molar-refractivity contribution in [1.82, 2.24) is 4.90 Å². The molecule has 6 heteroatoms. The first-order chi connectivity index (χ1) is 9.06. The van der Waals surface area contributed by atoms with Gasteiger partial charge in [-0.25, -0.2) is 0 Å².